The summed E-state index contributed by atoms with van der Waals surface area (Å²) in [4.78, 5) is 4.32. The number of aromatic nitrogens is 1. The standard InChI is InChI=1S/C12H16BrN/c1-4-9(2)7-10(3)12-6-5-11(13)8-14-12/h5-6,8-9H,3-4,7H2,1-2H3. The number of hydrogen-bond donors (Lipinski definition) is 0. The number of nitrogens with zero attached hydrogens (tertiary/aromatic N) is 1. The fraction of sp³-hybridized carbons (Fsp3) is 0.417. The third-order valence-electron chi connectivity index (χ3n) is 2.38. The van der Waals surface area contributed by atoms with Gasteiger partial charge in [0.15, 0.2) is 0 Å². The first kappa shape index (κ1) is 11.4. The minimum Gasteiger partial charge on any atom is -0.255 e. The minimum absolute atomic E-state index is 0.688. The van der Waals surface area contributed by atoms with Crippen molar-refractivity contribution in [1.82, 2.24) is 4.98 Å². The maximum atomic E-state index is 4.32. The smallest absolute Gasteiger partial charge is 0.0656 e. The van der Waals surface area contributed by atoms with Gasteiger partial charge in [0, 0.05) is 10.7 Å². The van der Waals surface area contributed by atoms with E-state index in [9.17, 15) is 0 Å². The number of halogens is 1. The number of pyridine rings is 1. The molecular formula is C12H16BrN. The average Bonchev–Trinajstić information content (AvgIpc) is 2.18. The first-order valence-electron chi connectivity index (χ1n) is 4.93. The molecule has 0 spiro atoms. The fourth-order valence-corrected chi connectivity index (χ4v) is 1.49. The van der Waals surface area contributed by atoms with E-state index in [0.29, 0.717) is 5.92 Å². The lowest BCUT2D eigenvalue weighted by atomic mass is 9.98. The van der Waals surface area contributed by atoms with Crippen molar-refractivity contribution in [3.05, 3.63) is 35.1 Å². The Labute approximate surface area is 94.4 Å². The molecule has 0 saturated carbocycles. The molecule has 0 aliphatic heterocycles. The van der Waals surface area contributed by atoms with Crippen LogP contribution in [0.5, 0.6) is 0 Å². The van der Waals surface area contributed by atoms with Crippen LogP contribution in [0.3, 0.4) is 0 Å². The lowest BCUT2D eigenvalue weighted by molar-refractivity contribution is 0.579. The summed E-state index contributed by atoms with van der Waals surface area (Å²) in [5, 5.41) is 0. The molecule has 0 aromatic carbocycles. The van der Waals surface area contributed by atoms with Crippen molar-refractivity contribution < 1.29 is 0 Å². The molecule has 0 fully saturated rings. The summed E-state index contributed by atoms with van der Waals surface area (Å²) >= 11 is 3.37. The first-order valence-corrected chi connectivity index (χ1v) is 5.72. The zero-order valence-electron chi connectivity index (χ0n) is 8.76. The monoisotopic (exact) mass is 253 g/mol. The van der Waals surface area contributed by atoms with Crippen molar-refractivity contribution in [1.29, 1.82) is 0 Å². The van der Waals surface area contributed by atoms with Gasteiger partial charge in [0.25, 0.3) is 0 Å². The molecule has 1 atom stereocenters. The van der Waals surface area contributed by atoms with E-state index in [4.69, 9.17) is 0 Å². The summed E-state index contributed by atoms with van der Waals surface area (Å²) in [5.74, 6) is 0.688. The second-order valence-electron chi connectivity index (χ2n) is 3.68. The first-order chi connectivity index (χ1) is 6.63. The van der Waals surface area contributed by atoms with E-state index < -0.39 is 0 Å². The van der Waals surface area contributed by atoms with Gasteiger partial charge in [0.1, 0.15) is 0 Å². The molecule has 0 aliphatic carbocycles. The normalized spacial score (nSPS) is 12.5. The molecule has 1 unspecified atom stereocenters. The van der Waals surface area contributed by atoms with Crippen LogP contribution in [0, 0.1) is 5.92 Å². The van der Waals surface area contributed by atoms with E-state index in [0.717, 1.165) is 22.2 Å². The molecule has 1 aromatic heterocycles. The molecule has 0 radical (unpaired) electrons. The highest BCUT2D eigenvalue weighted by Gasteiger charge is 2.05. The molecular weight excluding hydrogens is 238 g/mol. The summed E-state index contributed by atoms with van der Waals surface area (Å²) in [7, 11) is 0. The average molecular weight is 254 g/mol. The Hall–Kier alpha value is -0.630. The number of allylic oxidation sites excluding steroid dienone is 1. The van der Waals surface area contributed by atoms with Crippen LogP contribution < -0.4 is 0 Å². The van der Waals surface area contributed by atoms with Crippen molar-refractivity contribution in [2.24, 2.45) is 5.92 Å². The van der Waals surface area contributed by atoms with Gasteiger partial charge in [-0.05, 0) is 46.0 Å². The molecule has 0 amide bonds. The van der Waals surface area contributed by atoms with Crippen molar-refractivity contribution in [2.75, 3.05) is 0 Å². The Bertz CT molecular complexity index is 303. The van der Waals surface area contributed by atoms with E-state index in [1.54, 1.807) is 0 Å². The van der Waals surface area contributed by atoms with E-state index in [1.165, 1.54) is 6.42 Å². The van der Waals surface area contributed by atoms with Crippen molar-refractivity contribution in [3.63, 3.8) is 0 Å². The van der Waals surface area contributed by atoms with Crippen LogP contribution in [0.4, 0.5) is 0 Å². The molecule has 2 heteroatoms. The molecule has 0 aliphatic rings. The van der Waals surface area contributed by atoms with Crippen molar-refractivity contribution >= 4 is 21.5 Å². The predicted molar refractivity (Wildman–Crippen MR) is 65.0 cm³/mol. The Morgan fingerprint density at radius 2 is 2.29 bits per heavy atom. The van der Waals surface area contributed by atoms with Gasteiger partial charge in [-0.1, -0.05) is 26.8 Å². The van der Waals surface area contributed by atoms with Crippen LogP contribution in [0.1, 0.15) is 32.4 Å². The van der Waals surface area contributed by atoms with Crippen molar-refractivity contribution in [3.8, 4) is 0 Å². The molecule has 0 saturated heterocycles. The lowest BCUT2D eigenvalue weighted by Crippen LogP contribution is -1.95. The molecule has 14 heavy (non-hydrogen) atoms. The second-order valence-corrected chi connectivity index (χ2v) is 4.60. The lowest BCUT2D eigenvalue weighted by Gasteiger charge is -2.10. The van der Waals surface area contributed by atoms with Gasteiger partial charge in [-0.15, -0.1) is 0 Å². The number of rotatable bonds is 4. The van der Waals surface area contributed by atoms with E-state index >= 15 is 0 Å². The van der Waals surface area contributed by atoms with Crippen molar-refractivity contribution in [2.45, 2.75) is 26.7 Å². The highest BCUT2D eigenvalue weighted by Crippen LogP contribution is 2.21. The van der Waals surface area contributed by atoms with Crippen LogP contribution in [0.2, 0.25) is 0 Å². The highest BCUT2D eigenvalue weighted by molar-refractivity contribution is 9.10. The van der Waals surface area contributed by atoms with Crippen LogP contribution in [0.15, 0.2) is 29.4 Å². The largest absolute Gasteiger partial charge is 0.255 e. The van der Waals surface area contributed by atoms with E-state index in [-0.39, 0.29) is 0 Å². The van der Waals surface area contributed by atoms with Gasteiger partial charge >= 0.3 is 0 Å². The Kier molecular flexibility index (Phi) is 4.33. The van der Waals surface area contributed by atoms with Gasteiger partial charge in [-0.25, -0.2) is 0 Å². The maximum Gasteiger partial charge on any atom is 0.0656 e. The van der Waals surface area contributed by atoms with Gasteiger partial charge in [0.2, 0.25) is 0 Å². The van der Waals surface area contributed by atoms with Gasteiger partial charge < -0.3 is 0 Å². The van der Waals surface area contributed by atoms with E-state index in [1.807, 2.05) is 18.3 Å². The summed E-state index contributed by atoms with van der Waals surface area (Å²) in [5.41, 5.74) is 2.14. The zero-order valence-corrected chi connectivity index (χ0v) is 10.3. The van der Waals surface area contributed by atoms with Crippen LogP contribution in [0.25, 0.3) is 5.57 Å². The molecule has 1 heterocycles. The van der Waals surface area contributed by atoms with Gasteiger partial charge in [0.05, 0.1) is 5.69 Å². The zero-order chi connectivity index (χ0) is 10.6. The highest BCUT2D eigenvalue weighted by atomic mass is 79.9. The van der Waals surface area contributed by atoms with Crippen LogP contribution >= 0.6 is 15.9 Å². The Morgan fingerprint density at radius 3 is 2.79 bits per heavy atom. The third-order valence-corrected chi connectivity index (χ3v) is 2.85. The second kappa shape index (κ2) is 5.30. The van der Waals surface area contributed by atoms with Crippen LogP contribution in [-0.2, 0) is 0 Å². The van der Waals surface area contributed by atoms with Gasteiger partial charge in [-0.3, -0.25) is 4.98 Å². The fourth-order valence-electron chi connectivity index (χ4n) is 1.25. The maximum absolute atomic E-state index is 4.32. The predicted octanol–water partition coefficient (Wildman–Crippen LogP) is 4.29. The molecule has 0 bridgehead atoms. The summed E-state index contributed by atoms with van der Waals surface area (Å²) < 4.78 is 1.01. The molecule has 1 nitrogen and oxygen atoms in total. The summed E-state index contributed by atoms with van der Waals surface area (Å²) in [6.07, 6.45) is 4.04. The van der Waals surface area contributed by atoms with Gasteiger partial charge in [-0.2, -0.15) is 0 Å². The Balaban J connectivity index is 2.65. The van der Waals surface area contributed by atoms with Crippen LogP contribution in [-0.4, -0.2) is 4.98 Å². The SMILES string of the molecule is C=C(CC(C)CC)c1ccc(Br)cn1. The topological polar surface area (TPSA) is 12.9 Å². The summed E-state index contributed by atoms with van der Waals surface area (Å²) in [6, 6.07) is 4.01. The molecule has 76 valence electrons. The number of hydrogen-bond acceptors (Lipinski definition) is 1. The molecule has 0 N–H and O–H groups in total. The quantitative estimate of drug-likeness (QED) is 0.780. The summed E-state index contributed by atoms with van der Waals surface area (Å²) in [6.45, 7) is 8.51. The van der Waals surface area contributed by atoms with E-state index in [2.05, 4.69) is 41.3 Å². The molecule has 1 rings (SSSR count). The third kappa shape index (κ3) is 3.26. The molecule has 1 aromatic rings. The minimum atomic E-state index is 0.688. The Morgan fingerprint density at radius 1 is 1.57 bits per heavy atom.